The average Bonchev–Trinajstić information content (AvgIpc) is 3.32. The number of anilines is 1. The van der Waals surface area contributed by atoms with Gasteiger partial charge in [0.25, 0.3) is 0 Å². The van der Waals surface area contributed by atoms with Crippen molar-refractivity contribution < 1.29 is 42.6 Å². The molecule has 0 radical (unpaired) electrons. The number of ether oxygens (including phenoxy) is 1. The fraction of sp³-hybridized carbons (Fsp3) is 0.421. The molecule has 1 aromatic carbocycles. The van der Waals surface area contributed by atoms with Gasteiger partial charge in [-0.2, -0.15) is 15.1 Å². The van der Waals surface area contributed by atoms with Crippen molar-refractivity contribution in [2.75, 3.05) is 17.8 Å². The number of halogens is 2. The molecule has 2 unspecified atom stereocenters. The lowest BCUT2D eigenvalue weighted by atomic mass is 10.1. The number of alkyl halides is 1. The molecule has 5 N–H and O–H groups in total. The number of benzene rings is 1. The molecule has 0 aliphatic carbocycles. The molecule has 13 nitrogen and oxygen atoms in total. The highest BCUT2D eigenvalue weighted by Crippen LogP contribution is 2.55. The van der Waals surface area contributed by atoms with Crippen molar-refractivity contribution in [1.29, 1.82) is 0 Å². The molecule has 196 valence electrons. The summed E-state index contributed by atoms with van der Waals surface area (Å²) in [6, 6.07) is 9.34. The summed E-state index contributed by atoms with van der Waals surface area (Å²) in [5, 5.41) is 17.9. The summed E-state index contributed by atoms with van der Waals surface area (Å²) >= 11 is 6.11. The second-order valence-corrected chi connectivity index (χ2v) is 12.5. The van der Waals surface area contributed by atoms with E-state index in [0.29, 0.717) is 11.2 Å². The number of aliphatic hydroxyl groups excluding tert-OH is 1. The lowest BCUT2D eigenvalue weighted by Gasteiger charge is -2.18. The Bertz CT molecular complexity index is 1330. The standard InChI is InChI=1S/C19H23ClFN5O8P2/c1-10(11-5-3-2-4-6-11)23-16-12-7-22-26(17(12)25-19(20)24-16)18-14(21)15(27)13(34-18)8-33-36(31,32)9-35(28,29)30/h2-7,10,13-15,18,27H,8-9H2,1H3,(H,31,32)(H,23,24,25)(H2,28,29,30)/t10?,13-,14+,15-,18-/m1/s1. The molecule has 36 heavy (non-hydrogen) atoms. The smallest absolute Gasteiger partial charge is 0.340 e. The first-order valence-corrected chi connectivity index (χ1v) is 14.5. The highest BCUT2D eigenvalue weighted by Gasteiger charge is 2.47. The molecule has 3 aromatic rings. The highest BCUT2D eigenvalue weighted by atomic mass is 35.5. The number of fused-ring (bicyclic) bond motifs is 1. The Hall–Kier alpha value is -1.99. The molecule has 0 amide bonds. The largest absolute Gasteiger partial charge is 0.387 e. The molecule has 1 aliphatic heterocycles. The monoisotopic (exact) mass is 565 g/mol. The molecule has 6 atom stereocenters. The third kappa shape index (κ3) is 6.10. The Morgan fingerprint density at radius 1 is 1.25 bits per heavy atom. The number of rotatable bonds is 9. The Balaban J connectivity index is 1.55. The van der Waals surface area contributed by atoms with E-state index < -0.39 is 52.3 Å². The van der Waals surface area contributed by atoms with Crippen LogP contribution in [0, 0.1) is 0 Å². The first-order valence-electron chi connectivity index (χ1n) is 10.6. The molecule has 1 aliphatic rings. The zero-order valence-electron chi connectivity index (χ0n) is 18.6. The first-order chi connectivity index (χ1) is 16.8. The topological polar surface area (TPSA) is 189 Å². The number of hydrogen-bond acceptors (Lipinski definition) is 9. The molecule has 17 heteroatoms. The van der Waals surface area contributed by atoms with Crippen LogP contribution in [0.3, 0.4) is 0 Å². The Morgan fingerprint density at radius 2 is 1.94 bits per heavy atom. The Labute approximate surface area is 208 Å². The van der Waals surface area contributed by atoms with E-state index in [4.69, 9.17) is 26.1 Å². The average molecular weight is 566 g/mol. The minimum absolute atomic E-state index is 0.105. The van der Waals surface area contributed by atoms with Crippen molar-refractivity contribution in [2.45, 2.75) is 37.6 Å². The van der Waals surface area contributed by atoms with Crippen molar-refractivity contribution >= 4 is 43.6 Å². The van der Waals surface area contributed by atoms with Crippen LogP contribution < -0.4 is 5.32 Å². The molecule has 1 saturated heterocycles. The second kappa shape index (κ2) is 10.4. The number of nitrogens with one attached hydrogen (secondary N) is 1. The predicted molar refractivity (Wildman–Crippen MR) is 126 cm³/mol. The van der Waals surface area contributed by atoms with E-state index in [1.165, 1.54) is 6.20 Å². The zero-order chi connectivity index (χ0) is 26.3. The number of hydrogen-bond donors (Lipinski definition) is 5. The minimum Gasteiger partial charge on any atom is -0.387 e. The van der Waals surface area contributed by atoms with Gasteiger partial charge in [0.15, 0.2) is 23.9 Å². The zero-order valence-corrected chi connectivity index (χ0v) is 21.2. The van der Waals surface area contributed by atoms with Gasteiger partial charge in [0.05, 0.1) is 18.2 Å². The van der Waals surface area contributed by atoms with Crippen LogP contribution in [0.15, 0.2) is 36.5 Å². The van der Waals surface area contributed by atoms with E-state index in [2.05, 4.69) is 24.9 Å². The number of aliphatic hydroxyl groups is 1. The van der Waals surface area contributed by atoms with E-state index in [1.54, 1.807) is 0 Å². The van der Waals surface area contributed by atoms with Crippen LogP contribution in [0.1, 0.15) is 24.8 Å². The van der Waals surface area contributed by atoms with E-state index in [9.17, 15) is 19.1 Å². The number of nitrogens with zero attached hydrogens (tertiary/aromatic N) is 4. The fourth-order valence-electron chi connectivity index (χ4n) is 3.73. The third-order valence-corrected chi connectivity index (χ3v) is 9.04. The van der Waals surface area contributed by atoms with Crippen LogP contribution in [0.25, 0.3) is 11.0 Å². The van der Waals surface area contributed by atoms with Gasteiger partial charge in [-0.25, -0.2) is 9.07 Å². The normalized spacial score (nSPS) is 25.1. The maximum atomic E-state index is 15.0. The van der Waals surface area contributed by atoms with E-state index in [1.807, 2.05) is 37.3 Å². The quantitative estimate of drug-likeness (QED) is 0.189. The molecule has 1 fully saturated rings. The summed E-state index contributed by atoms with van der Waals surface area (Å²) in [5.74, 6) is -1.10. The van der Waals surface area contributed by atoms with Crippen LogP contribution in [0.2, 0.25) is 5.28 Å². The molecule has 0 saturated carbocycles. The maximum absolute atomic E-state index is 15.0. The van der Waals surface area contributed by atoms with Crippen molar-refractivity contribution in [3.05, 3.63) is 47.4 Å². The van der Waals surface area contributed by atoms with Gasteiger partial charge < -0.3 is 34.4 Å². The molecule has 0 spiro atoms. The van der Waals surface area contributed by atoms with Gasteiger partial charge >= 0.3 is 15.2 Å². The SMILES string of the molecule is CC(Nc1nc(Cl)nc2c1cnn2[C@@H]1O[C@H](COP(=O)(O)CP(=O)(O)O)[C@@H](O)[C@@H]1F)c1ccccc1. The summed E-state index contributed by atoms with van der Waals surface area (Å²) in [4.78, 5) is 35.7. The van der Waals surface area contributed by atoms with Gasteiger partial charge in [-0.15, -0.1) is 0 Å². The lowest BCUT2D eigenvalue weighted by Crippen LogP contribution is -2.31. The summed E-state index contributed by atoms with van der Waals surface area (Å²) in [6.07, 6.45) is -5.40. The van der Waals surface area contributed by atoms with E-state index in [0.717, 1.165) is 10.2 Å². The predicted octanol–water partition coefficient (Wildman–Crippen LogP) is 2.59. The van der Waals surface area contributed by atoms with Crippen molar-refractivity contribution in [2.24, 2.45) is 0 Å². The van der Waals surface area contributed by atoms with Gasteiger partial charge in [-0.3, -0.25) is 9.13 Å². The van der Waals surface area contributed by atoms with Crippen molar-refractivity contribution in [1.82, 2.24) is 19.7 Å². The Morgan fingerprint density at radius 3 is 2.61 bits per heavy atom. The van der Waals surface area contributed by atoms with Gasteiger partial charge in [0, 0.05) is 6.04 Å². The Kier molecular flexibility index (Phi) is 7.82. The molecular weight excluding hydrogens is 543 g/mol. The lowest BCUT2D eigenvalue weighted by molar-refractivity contribution is -0.0472. The van der Waals surface area contributed by atoms with Gasteiger partial charge in [0.2, 0.25) is 5.28 Å². The molecule has 4 rings (SSSR count). The van der Waals surface area contributed by atoms with Crippen LogP contribution in [-0.2, 0) is 18.4 Å². The molecule has 3 heterocycles. The van der Waals surface area contributed by atoms with Crippen molar-refractivity contribution in [3.8, 4) is 0 Å². The van der Waals surface area contributed by atoms with Crippen LogP contribution in [0.4, 0.5) is 10.2 Å². The third-order valence-electron chi connectivity index (χ3n) is 5.42. The van der Waals surface area contributed by atoms with Gasteiger partial charge in [-0.1, -0.05) is 30.3 Å². The van der Waals surface area contributed by atoms with E-state index in [-0.39, 0.29) is 17.0 Å². The molecular formula is C19H23ClFN5O8P2. The molecule has 0 bridgehead atoms. The van der Waals surface area contributed by atoms with Gasteiger partial charge in [-0.05, 0) is 24.1 Å². The fourth-order valence-corrected chi connectivity index (χ4v) is 6.46. The summed E-state index contributed by atoms with van der Waals surface area (Å²) in [6.45, 7) is 1.11. The second-order valence-electron chi connectivity index (χ2n) is 8.18. The summed E-state index contributed by atoms with van der Waals surface area (Å²) in [5.41, 5.74) is 1.08. The van der Waals surface area contributed by atoms with Gasteiger partial charge in [0.1, 0.15) is 18.0 Å². The van der Waals surface area contributed by atoms with Crippen molar-refractivity contribution in [3.63, 3.8) is 0 Å². The molecule has 2 aromatic heterocycles. The highest BCUT2D eigenvalue weighted by molar-refractivity contribution is 7.70. The van der Waals surface area contributed by atoms with Crippen LogP contribution >= 0.6 is 26.8 Å². The number of aromatic nitrogens is 4. The first kappa shape index (κ1) is 27.1. The van der Waals surface area contributed by atoms with E-state index >= 15 is 4.39 Å². The summed E-state index contributed by atoms with van der Waals surface area (Å²) < 4.78 is 49.1. The maximum Gasteiger partial charge on any atom is 0.340 e. The van der Waals surface area contributed by atoms with Crippen LogP contribution in [0.5, 0.6) is 0 Å². The minimum atomic E-state index is -4.86. The van der Waals surface area contributed by atoms with Crippen LogP contribution in [-0.4, -0.2) is 70.4 Å². The summed E-state index contributed by atoms with van der Waals surface area (Å²) in [7, 11) is -9.59.